The molecular weight excluding hydrogens is 669 g/mol. The Hall–Kier alpha value is -6.26. The Morgan fingerprint density at radius 2 is 1.07 bits per heavy atom. The molecule has 0 aliphatic rings. The zero-order chi connectivity index (χ0) is 38.0. The predicted octanol–water partition coefficient (Wildman–Crippen LogP) is 11.8. The van der Waals surface area contributed by atoms with Crippen molar-refractivity contribution in [2.75, 3.05) is 0 Å². The molecule has 0 aliphatic heterocycles. The summed E-state index contributed by atoms with van der Waals surface area (Å²) >= 11 is 0. The monoisotopic (exact) mass is 715 g/mol. The number of hydrogen-bond acceptors (Lipinski definition) is 1. The minimum atomic E-state index is -0.655. The average Bonchev–Trinajstić information content (AvgIpc) is 3.76. The Morgan fingerprint density at radius 1 is 0.473 bits per heavy atom. The van der Waals surface area contributed by atoms with Crippen LogP contribution in [0.2, 0.25) is 0 Å². The van der Waals surface area contributed by atoms with Crippen LogP contribution in [0.15, 0.2) is 176 Å². The second-order valence-electron chi connectivity index (χ2n) is 16.8. The molecule has 0 aliphatic carbocycles. The SMILES string of the molecule is CC(C)(C)c1ccnc(-n2c3ccccc3c3ccc(C(c4ccccc4)(c4ccccc4)c4cccc(-n5c[n+](C(C)(C)C)c6ccccc65)c4)cc32)c1. The van der Waals surface area contributed by atoms with Crippen LogP contribution in [0.5, 0.6) is 0 Å². The van der Waals surface area contributed by atoms with Crippen LogP contribution < -0.4 is 4.57 Å². The van der Waals surface area contributed by atoms with Crippen molar-refractivity contribution in [1.29, 1.82) is 0 Å². The molecule has 55 heavy (non-hydrogen) atoms. The third kappa shape index (κ3) is 5.67. The van der Waals surface area contributed by atoms with E-state index in [0.29, 0.717) is 0 Å². The van der Waals surface area contributed by atoms with Crippen molar-refractivity contribution in [2.24, 2.45) is 0 Å². The number of para-hydroxylation sites is 3. The maximum Gasteiger partial charge on any atom is 0.250 e. The second-order valence-corrected chi connectivity index (χ2v) is 16.8. The quantitative estimate of drug-likeness (QED) is 0.124. The summed E-state index contributed by atoms with van der Waals surface area (Å²) in [4.78, 5) is 5.01. The molecule has 3 aromatic heterocycles. The van der Waals surface area contributed by atoms with Gasteiger partial charge in [-0.05, 0) is 103 Å². The summed E-state index contributed by atoms with van der Waals surface area (Å²) in [7, 11) is 0. The highest BCUT2D eigenvalue weighted by atomic mass is 15.2. The Labute approximate surface area is 324 Å². The topological polar surface area (TPSA) is 26.6 Å². The van der Waals surface area contributed by atoms with Crippen LogP contribution in [0.3, 0.4) is 0 Å². The van der Waals surface area contributed by atoms with Gasteiger partial charge in [0, 0.05) is 17.0 Å². The molecule has 0 amide bonds. The fraction of sp³-hybridized carbons (Fsp3) is 0.176. The van der Waals surface area contributed by atoms with Crippen LogP contribution >= 0.6 is 0 Å². The van der Waals surface area contributed by atoms with Crippen LogP contribution in [-0.4, -0.2) is 14.1 Å². The molecule has 6 aromatic carbocycles. The number of fused-ring (bicyclic) bond motifs is 4. The molecule has 3 heterocycles. The molecule has 0 fully saturated rings. The highest BCUT2D eigenvalue weighted by Gasteiger charge is 2.39. The number of hydrogen-bond donors (Lipinski definition) is 0. The van der Waals surface area contributed by atoms with Gasteiger partial charge in [-0.2, -0.15) is 4.57 Å². The van der Waals surface area contributed by atoms with Crippen molar-refractivity contribution in [3.05, 3.63) is 204 Å². The van der Waals surface area contributed by atoms with Gasteiger partial charge >= 0.3 is 0 Å². The summed E-state index contributed by atoms with van der Waals surface area (Å²) in [6.45, 7) is 13.6. The van der Waals surface area contributed by atoms with Gasteiger partial charge in [0.1, 0.15) is 17.0 Å². The average molecular weight is 716 g/mol. The first kappa shape index (κ1) is 34.5. The van der Waals surface area contributed by atoms with Crippen molar-refractivity contribution < 1.29 is 4.57 Å². The van der Waals surface area contributed by atoms with Crippen molar-refractivity contribution in [2.45, 2.75) is 57.9 Å². The molecular formula is C51H47N4+. The first-order valence-electron chi connectivity index (χ1n) is 19.3. The molecule has 9 aromatic rings. The lowest BCUT2D eigenvalue weighted by molar-refractivity contribution is -0.731. The summed E-state index contributed by atoms with van der Waals surface area (Å²) in [5, 5.41) is 2.42. The van der Waals surface area contributed by atoms with E-state index < -0.39 is 5.41 Å². The lowest BCUT2D eigenvalue weighted by Gasteiger charge is -2.37. The van der Waals surface area contributed by atoms with Crippen LogP contribution in [0.25, 0.3) is 44.3 Å². The molecule has 0 radical (unpaired) electrons. The van der Waals surface area contributed by atoms with Gasteiger partial charge < -0.3 is 0 Å². The molecule has 4 nitrogen and oxygen atoms in total. The van der Waals surface area contributed by atoms with Crippen molar-refractivity contribution >= 4 is 32.8 Å². The first-order chi connectivity index (χ1) is 26.5. The number of aromatic nitrogens is 4. The van der Waals surface area contributed by atoms with Crippen LogP contribution in [0.1, 0.15) is 69.4 Å². The minimum absolute atomic E-state index is 0.0143. The van der Waals surface area contributed by atoms with E-state index in [9.17, 15) is 0 Å². The standard InChI is InChI=1S/C51H47N4/c1-49(2,3)38-30-31-52-48(34-38)55-44-25-14-13-24-42(44)43-29-28-40(33-47(43)55)51(36-18-9-7-10-19-36,37-20-11-8-12-21-37)39-22-17-23-41(32-39)53-35-54(50(4,5)6)46-27-16-15-26-45(46)53/h7-35H,1-6H3/q+1. The lowest BCUT2D eigenvalue weighted by Crippen LogP contribution is -2.49. The van der Waals surface area contributed by atoms with Gasteiger partial charge in [-0.25, -0.2) is 9.55 Å². The van der Waals surface area contributed by atoms with Crippen LogP contribution in [0, 0.1) is 0 Å². The number of benzene rings is 6. The zero-order valence-corrected chi connectivity index (χ0v) is 32.5. The van der Waals surface area contributed by atoms with E-state index in [1.165, 1.54) is 49.6 Å². The molecule has 0 atom stereocenters. The van der Waals surface area contributed by atoms with Gasteiger partial charge in [0.2, 0.25) is 6.33 Å². The van der Waals surface area contributed by atoms with E-state index in [1.807, 2.05) is 6.20 Å². The maximum absolute atomic E-state index is 5.01. The van der Waals surface area contributed by atoms with E-state index in [-0.39, 0.29) is 11.0 Å². The van der Waals surface area contributed by atoms with E-state index in [0.717, 1.165) is 22.5 Å². The van der Waals surface area contributed by atoms with Gasteiger partial charge in [-0.3, -0.25) is 4.57 Å². The number of rotatable bonds is 6. The summed E-state index contributed by atoms with van der Waals surface area (Å²) in [6, 6.07) is 60.1. The summed E-state index contributed by atoms with van der Waals surface area (Å²) < 4.78 is 7.09. The fourth-order valence-electron chi connectivity index (χ4n) is 8.57. The Morgan fingerprint density at radius 3 is 1.76 bits per heavy atom. The molecule has 9 rings (SSSR count). The third-order valence-electron chi connectivity index (χ3n) is 11.3. The fourth-order valence-corrected chi connectivity index (χ4v) is 8.57. The molecule has 0 saturated heterocycles. The van der Waals surface area contributed by atoms with Gasteiger partial charge in [-0.1, -0.05) is 136 Å². The Balaban J connectivity index is 1.37. The largest absolute Gasteiger partial charge is 0.294 e. The van der Waals surface area contributed by atoms with E-state index >= 15 is 0 Å². The first-order valence-corrected chi connectivity index (χ1v) is 19.3. The Kier molecular flexibility index (Phi) is 8.12. The normalized spacial score (nSPS) is 12.5. The van der Waals surface area contributed by atoms with Crippen LogP contribution in [-0.2, 0) is 16.4 Å². The molecule has 4 heteroatoms. The summed E-state index contributed by atoms with van der Waals surface area (Å²) in [5.74, 6) is 0.925. The molecule has 0 bridgehead atoms. The van der Waals surface area contributed by atoms with Crippen molar-refractivity contribution in [3.63, 3.8) is 0 Å². The number of imidazole rings is 1. The van der Waals surface area contributed by atoms with E-state index in [2.05, 4.69) is 225 Å². The van der Waals surface area contributed by atoms with Gasteiger partial charge in [-0.15, -0.1) is 0 Å². The molecule has 0 saturated carbocycles. The van der Waals surface area contributed by atoms with Crippen LogP contribution in [0.4, 0.5) is 0 Å². The number of nitrogens with zero attached hydrogens (tertiary/aromatic N) is 4. The molecule has 0 unspecified atom stereocenters. The second kappa shape index (κ2) is 13.0. The van der Waals surface area contributed by atoms with E-state index in [1.54, 1.807) is 0 Å². The molecule has 270 valence electrons. The molecule has 0 spiro atoms. The molecule has 0 N–H and O–H groups in total. The highest BCUT2D eigenvalue weighted by molar-refractivity contribution is 6.09. The smallest absolute Gasteiger partial charge is 0.250 e. The van der Waals surface area contributed by atoms with Gasteiger partial charge in [0.15, 0.2) is 11.0 Å². The number of pyridine rings is 1. The van der Waals surface area contributed by atoms with Gasteiger partial charge in [0.05, 0.1) is 16.4 Å². The summed E-state index contributed by atoms with van der Waals surface area (Å²) in [6.07, 6.45) is 4.22. The Bertz CT molecular complexity index is 2790. The lowest BCUT2D eigenvalue weighted by atomic mass is 9.65. The van der Waals surface area contributed by atoms with Gasteiger partial charge in [0.25, 0.3) is 0 Å². The van der Waals surface area contributed by atoms with E-state index in [4.69, 9.17) is 4.98 Å². The zero-order valence-electron chi connectivity index (χ0n) is 32.5. The highest BCUT2D eigenvalue weighted by Crippen LogP contribution is 2.47. The van der Waals surface area contributed by atoms with Crippen molar-refractivity contribution in [3.8, 4) is 11.5 Å². The summed E-state index contributed by atoms with van der Waals surface area (Å²) in [5.41, 5.74) is 11.1. The maximum atomic E-state index is 5.01. The third-order valence-corrected chi connectivity index (χ3v) is 11.3. The van der Waals surface area contributed by atoms with Crippen molar-refractivity contribution in [1.82, 2.24) is 14.1 Å². The predicted molar refractivity (Wildman–Crippen MR) is 228 cm³/mol. The minimum Gasteiger partial charge on any atom is -0.294 e.